The summed E-state index contributed by atoms with van der Waals surface area (Å²) in [7, 11) is 0. The molecule has 1 aromatic heterocycles. The lowest BCUT2D eigenvalue weighted by Gasteiger charge is -2.06. The lowest BCUT2D eigenvalue weighted by atomic mass is 10.1. The number of aryl methyl sites for hydroxylation is 1. The Bertz CT molecular complexity index is 575. The minimum absolute atomic E-state index is 0.463. The number of hydrogen-bond acceptors (Lipinski definition) is 2. The Balaban J connectivity index is 1.83. The van der Waals surface area contributed by atoms with Crippen LogP contribution in [0.3, 0.4) is 0 Å². The van der Waals surface area contributed by atoms with Gasteiger partial charge in [-0.25, -0.2) is 0 Å². The summed E-state index contributed by atoms with van der Waals surface area (Å²) in [6.07, 6.45) is 1.95. The fourth-order valence-corrected chi connectivity index (χ4v) is 3.26. The van der Waals surface area contributed by atoms with Gasteiger partial charge in [0.05, 0.1) is 3.79 Å². The molecule has 0 unspecified atom stereocenters. The van der Waals surface area contributed by atoms with Gasteiger partial charge < -0.3 is 11.1 Å². The van der Waals surface area contributed by atoms with Crippen LogP contribution in [0.4, 0.5) is 5.69 Å². The fourth-order valence-electron chi connectivity index (χ4n) is 1.78. The number of nitrogens with one attached hydrogen (secondary N) is 1. The van der Waals surface area contributed by atoms with E-state index in [1.165, 1.54) is 10.4 Å². The van der Waals surface area contributed by atoms with E-state index in [1.54, 1.807) is 11.3 Å². The van der Waals surface area contributed by atoms with Gasteiger partial charge >= 0.3 is 0 Å². The SMILES string of the molecule is CCc1ccc(NC(N)=NCCc2ccc(Br)s2)cc1. The molecule has 20 heavy (non-hydrogen) atoms. The van der Waals surface area contributed by atoms with Gasteiger partial charge in [0.25, 0.3) is 0 Å². The Morgan fingerprint density at radius 2 is 2.00 bits per heavy atom. The highest BCUT2D eigenvalue weighted by Crippen LogP contribution is 2.22. The number of guanidine groups is 1. The monoisotopic (exact) mass is 351 g/mol. The summed E-state index contributed by atoms with van der Waals surface area (Å²) in [4.78, 5) is 5.65. The summed E-state index contributed by atoms with van der Waals surface area (Å²) in [5.74, 6) is 0.463. The molecule has 1 aromatic carbocycles. The van der Waals surface area contributed by atoms with Crippen LogP contribution in [0.25, 0.3) is 0 Å². The number of nitrogens with two attached hydrogens (primary N) is 1. The lowest BCUT2D eigenvalue weighted by Crippen LogP contribution is -2.23. The third kappa shape index (κ3) is 4.65. The Morgan fingerprint density at radius 3 is 2.60 bits per heavy atom. The number of hydrogen-bond donors (Lipinski definition) is 2. The molecule has 3 nitrogen and oxygen atoms in total. The fraction of sp³-hybridized carbons (Fsp3) is 0.267. The molecule has 0 atom stereocenters. The van der Waals surface area contributed by atoms with Gasteiger partial charge in [-0.15, -0.1) is 11.3 Å². The van der Waals surface area contributed by atoms with E-state index in [0.29, 0.717) is 12.5 Å². The van der Waals surface area contributed by atoms with E-state index in [4.69, 9.17) is 5.73 Å². The first-order valence-corrected chi connectivity index (χ1v) is 8.18. The van der Waals surface area contributed by atoms with Crippen LogP contribution in [-0.4, -0.2) is 12.5 Å². The molecule has 0 radical (unpaired) electrons. The second-order valence-corrected chi connectivity index (χ2v) is 6.95. The summed E-state index contributed by atoms with van der Waals surface area (Å²) >= 11 is 5.19. The number of anilines is 1. The minimum Gasteiger partial charge on any atom is -0.370 e. The molecule has 0 aliphatic heterocycles. The van der Waals surface area contributed by atoms with Gasteiger partial charge in [-0.1, -0.05) is 19.1 Å². The van der Waals surface area contributed by atoms with Gasteiger partial charge in [-0.3, -0.25) is 4.99 Å². The Hall–Kier alpha value is -1.33. The number of rotatable bonds is 5. The lowest BCUT2D eigenvalue weighted by molar-refractivity contribution is 0.983. The normalized spacial score (nSPS) is 11.6. The van der Waals surface area contributed by atoms with Crippen LogP contribution in [0.15, 0.2) is 45.2 Å². The van der Waals surface area contributed by atoms with Crippen LogP contribution >= 0.6 is 27.3 Å². The minimum atomic E-state index is 0.463. The van der Waals surface area contributed by atoms with Crippen molar-refractivity contribution in [3.05, 3.63) is 50.6 Å². The van der Waals surface area contributed by atoms with E-state index in [0.717, 1.165) is 22.3 Å². The Morgan fingerprint density at radius 1 is 1.25 bits per heavy atom. The van der Waals surface area contributed by atoms with E-state index in [9.17, 15) is 0 Å². The van der Waals surface area contributed by atoms with E-state index < -0.39 is 0 Å². The number of halogens is 1. The number of benzene rings is 1. The highest BCUT2D eigenvalue weighted by atomic mass is 79.9. The maximum Gasteiger partial charge on any atom is 0.193 e. The van der Waals surface area contributed by atoms with Crippen molar-refractivity contribution in [3.63, 3.8) is 0 Å². The molecule has 2 aromatic rings. The van der Waals surface area contributed by atoms with Gasteiger partial charge in [0, 0.05) is 23.5 Å². The van der Waals surface area contributed by atoms with Gasteiger partial charge in [-0.2, -0.15) is 0 Å². The highest BCUT2D eigenvalue weighted by Gasteiger charge is 1.98. The van der Waals surface area contributed by atoms with E-state index in [-0.39, 0.29) is 0 Å². The second kappa shape index (κ2) is 7.45. The zero-order chi connectivity index (χ0) is 14.4. The largest absolute Gasteiger partial charge is 0.370 e. The number of aliphatic imine (C=N–C) groups is 1. The van der Waals surface area contributed by atoms with Crippen LogP contribution in [0, 0.1) is 0 Å². The molecule has 0 fully saturated rings. The second-order valence-electron chi connectivity index (χ2n) is 4.40. The van der Waals surface area contributed by atoms with E-state index in [2.05, 4.69) is 57.4 Å². The van der Waals surface area contributed by atoms with Gasteiger partial charge in [0.15, 0.2) is 5.96 Å². The van der Waals surface area contributed by atoms with Gasteiger partial charge in [0.2, 0.25) is 0 Å². The topological polar surface area (TPSA) is 50.4 Å². The standard InChI is InChI=1S/C15H18BrN3S/c1-2-11-3-5-12(6-4-11)19-15(17)18-10-9-13-7-8-14(16)20-13/h3-8H,2,9-10H2,1H3,(H3,17,18,19). The summed E-state index contributed by atoms with van der Waals surface area (Å²) in [5, 5.41) is 3.11. The van der Waals surface area contributed by atoms with Gasteiger partial charge in [-0.05, 0) is 52.2 Å². The van der Waals surface area contributed by atoms with Crippen molar-refractivity contribution < 1.29 is 0 Å². The average molecular weight is 352 g/mol. The molecule has 2 rings (SSSR count). The van der Waals surface area contributed by atoms with Crippen molar-refractivity contribution in [2.45, 2.75) is 19.8 Å². The maximum absolute atomic E-state index is 5.88. The predicted octanol–water partition coefficient (Wildman–Crippen LogP) is 4.04. The van der Waals surface area contributed by atoms with Crippen LogP contribution in [0.5, 0.6) is 0 Å². The summed E-state index contributed by atoms with van der Waals surface area (Å²) in [6.45, 7) is 2.83. The molecular weight excluding hydrogens is 334 g/mol. The summed E-state index contributed by atoms with van der Waals surface area (Å²) in [5.41, 5.74) is 8.17. The molecule has 0 aliphatic carbocycles. The maximum atomic E-state index is 5.88. The van der Waals surface area contributed by atoms with Crippen LogP contribution in [0.1, 0.15) is 17.4 Å². The molecule has 106 valence electrons. The van der Waals surface area contributed by atoms with Crippen LogP contribution in [0.2, 0.25) is 0 Å². The molecule has 0 amide bonds. The smallest absolute Gasteiger partial charge is 0.193 e. The predicted molar refractivity (Wildman–Crippen MR) is 91.7 cm³/mol. The molecule has 0 aliphatic rings. The van der Waals surface area contributed by atoms with Crippen molar-refractivity contribution in [1.82, 2.24) is 0 Å². The van der Waals surface area contributed by atoms with Crippen molar-refractivity contribution in [3.8, 4) is 0 Å². The highest BCUT2D eigenvalue weighted by molar-refractivity contribution is 9.11. The zero-order valence-corrected chi connectivity index (χ0v) is 13.8. The molecule has 0 saturated carbocycles. The van der Waals surface area contributed by atoms with E-state index >= 15 is 0 Å². The van der Waals surface area contributed by atoms with Crippen LogP contribution < -0.4 is 11.1 Å². The quantitative estimate of drug-likeness (QED) is 0.630. The Kier molecular flexibility index (Phi) is 5.61. The molecule has 1 heterocycles. The third-order valence-electron chi connectivity index (χ3n) is 2.90. The van der Waals surface area contributed by atoms with Crippen molar-refractivity contribution in [1.29, 1.82) is 0 Å². The van der Waals surface area contributed by atoms with Crippen molar-refractivity contribution in [2.24, 2.45) is 10.7 Å². The molecular formula is C15H18BrN3S. The molecule has 5 heteroatoms. The van der Waals surface area contributed by atoms with Gasteiger partial charge in [0.1, 0.15) is 0 Å². The number of nitrogens with zero attached hydrogens (tertiary/aromatic N) is 1. The number of thiophene rings is 1. The third-order valence-corrected chi connectivity index (χ3v) is 4.59. The molecule has 0 spiro atoms. The summed E-state index contributed by atoms with van der Waals surface area (Å²) in [6, 6.07) is 12.4. The van der Waals surface area contributed by atoms with Crippen LogP contribution in [-0.2, 0) is 12.8 Å². The molecule has 0 bridgehead atoms. The first-order valence-electron chi connectivity index (χ1n) is 6.57. The van der Waals surface area contributed by atoms with E-state index in [1.807, 2.05) is 12.1 Å². The average Bonchev–Trinajstić information content (AvgIpc) is 2.85. The first kappa shape index (κ1) is 15.1. The summed E-state index contributed by atoms with van der Waals surface area (Å²) < 4.78 is 1.15. The zero-order valence-electron chi connectivity index (χ0n) is 11.4. The molecule has 3 N–H and O–H groups in total. The van der Waals surface area contributed by atoms with Crippen molar-refractivity contribution >= 4 is 38.9 Å². The molecule has 0 saturated heterocycles. The Labute approximate surface area is 132 Å². The first-order chi connectivity index (χ1) is 9.67. The van der Waals surface area contributed by atoms with Crippen molar-refractivity contribution in [2.75, 3.05) is 11.9 Å².